The van der Waals surface area contributed by atoms with Crippen LogP contribution in [-0.4, -0.2) is 47.9 Å². The molecule has 2 amide bonds. The standard InChI is InChI=1S/C26H27N3O4/c1-17-11-13-18(14-12-17)27-23(30)15-29(2)24(31)16-33-26(32)25-19-7-3-5-9-21(19)28-22-10-6-4-8-20(22)25/h3,5,7,9,11-14H,4,6,8,10,15-16H2,1-2H3,(H,27,30). The van der Waals surface area contributed by atoms with E-state index >= 15 is 0 Å². The number of aryl methyl sites for hydroxylation is 2. The molecule has 7 nitrogen and oxygen atoms in total. The predicted octanol–water partition coefficient (Wildman–Crippen LogP) is 3.68. The first-order valence-electron chi connectivity index (χ1n) is 11.1. The van der Waals surface area contributed by atoms with Crippen molar-refractivity contribution in [2.45, 2.75) is 32.6 Å². The molecule has 0 unspecified atom stereocenters. The van der Waals surface area contributed by atoms with Crippen LogP contribution in [0.3, 0.4) is 0 Å². The Bertz CT molecular complexity index is 1200. The molecular weight excluding hydrogens is 418 g/mol. The summed E-state index contributed by atoms with van der Waals surface area (Å²) in [6.45, 7) is 1.39. The molecule has 33 heavy (non-hydrogen) atoms. The third kappa shape index (κ3) is 5.19. The predicted molar refractivity (Wildman–Crippen MR) is 126 cm³/mol. The number of aromatic nitrogens is 1. The van der Waals surface area contributed by atoms with Gasteiger partial charge in [-0.1, -0.05) is 35.9 Å². The van der Waals surface area contributed by atoms with Gasteiger partial charge in [0, 0.05) is 23.8 Å². The van der Waals surface area contributed by atoms with Gasteiger partial charge in [0.1, 0.15) is 0 Å². The summed E-state index contributed by atoms with van der Waals surface area (Å²) in [6.07, 6.45) is 3.63. The molecule has 0 saturated heterocycles. The van der Waals surface area contributed by atoms with Crippen LogP contribution in [0.25, 0.3) is 10.9 Å². The maximum absolute atomic E-state index is 13.0. The van der Waals surface area contributed by atoms with Gasteiger partial charge in [0.2, 0.25) is 5.91 Å². The molecule has 0 aliphatic heterocycles. The zero-order valence-electron chi connectivity index (χ0n) is 18.9. The van der Waals surface area contributed by atoms with Crippen LogP contribution in [0.1, 0.15) is 40.0 Å². The number of ether oxygens (including phenoxy) is 1. The number of carbonyl (C=O) groups is 3. The Morgan fingerprint density at radius 1 is 1.03 bits per heavy atom. The normalized spacial score (nSPS) is 12.7. The second-order valence-electron chi connectivity index (χ2n) is 8.38. The van der Waals surface area contributed by atoms with Gasteiger partial charge < -0.3 is 15.0 Å². The van der Waals surface area contributed by atoms with Gasteiger partial charge >= 0.3 is 5.97 Å². The summed E-state index contributed by atoms with van der Waals surface area (Å²) in [5, 5.41) is 3.49. The van der Waals surface area contributed by atoms with Crippen LogP contribution >= 0.6 is 0 Å². The van der Waals surface area contributed by atoms with Crippen molar-refractivity contribution in [2.75, 3.05) is 25.5 Å². The van der Waals surface area contributed by atoms with Gasteiger partial charge in [-0.2, -0.15) is 0 Å². The molecule has 7 heteroatoms. The Morgan fingerprint density at radius 2 is 1.76 bits per heavy atom. The molecule has 0 saturated carbocycles. The van der Waals surface area contributed by atoms with Gasteiger partial charge in [-0.25, -0.2) is 4.79 Å². The number of amides is 2. The van der Waals surface area contributed by atoms with Crippen LogP contribution in [0.5, 0.6) is 0 Å². The van der Waals surface area contributed by atoms with E-state index in [0.717, 1.165) is 53.4 Å². The van der Waals surface area contributed by atoms with Crippen LogP contribution in [0.4, 0.5) is 5.69 Å². The Balaban J connectivity index is 1.40. The first kappa shape index (κ1) is 22.5. The van der Waals surface area contributed by atoms with E-state index in [0.29, 0.717) is 11.3 Å². The van der Waals surface area contributed by atoms with Gasteiger partial charge in [-0.3, -0.25) is 14.6 Å². The maximum atomic E-state index is 13.0. The van der Waals surface area contributed by atoms with Crippen molar-refractivity contribution in [3.05, 3.63) is 70.9 Å². The molecule has 1 heterocycles. The highest BCUT2D eigenvalue weighted by Gasteiger charge is 2.24. The summed E-state index contributed by atoms with van der Waals surface area (Å²) >= 11 is 0. The number of esters is 1. The van der Waals surface area contributed by atoms with Gasteiger partial charge in [-0.15, -0.1) is 0 Å². The summed E-state index contributed by atoms with van der Waals surface area (Å²) in [5.41, 5.74) is 4.85. The Kier molecular flexibility index (Phi) is 6.68. The number of hydrogen-bond acceptors (Lipinski definition) is 5. The van der Waals surface area contributed by atoms with Crippen LogP contribution in [0.15, 0.2) is 48.5 Å². The summed E-state index contributed by atoms with van der Waals surface area (Å²) < 4.78 is 5.41. The van der Waals surface area contributed by atoms with E-state index in [1.807, 2.05) is 43.3 Å². The Labute approximate surface area is 192 Å². The van der Waals surface area contributed by atoms with Crippen molar-refractivity contribution < 1.29 is 19.1 Å². The smallest absolute Gasteiger partial charge is 0.339 e. The SMILES string of the molecule is Cc1ccc(NC(=O)CN(C)C(=O)COC(=O)c2c3c(nc4ccccc24)CCCC3)cc1. The van der Waals surface area contributed by atoms with E-state index in [-0.39, 0.29) is 12.5 Å². The Morgan fingerprint density at radius 3 is 2.55 bits per heavy atom. The third-order valence-corrected chi connectivity index (χ3v) is 5.84. The monoisotopic (exact) mass is 445 g/mol. The van der Waals surface area contributed by atoms with Crippen molar-refractivity contribution in [1.29, 1.82) is 0 Å². The average molecular weight is 446 g/mol. The molecule has 0 radical (unpaired) electrons. The first-order chi connectivity index (χ1) is 15.9. The zero-order valence-corrected chi connectivity index (χ0v) is 18.9. The van der Waals surface area contributed by atoms with E-state index in [9.17, 15) is 14.4 Å². The average Bonchev–Trinajstić information content (AvgIpc) is 2.82. The van der Waals surface area contributed by atoms with Crippen LogP contribution in [0, 0.1) is 6.92 Å². The van der Waals surface area contributed by atoms with Crippen molar-refractivity contribution >= 4 is 34.4 Å². The number of fused-ring (bicyclic) bond motifs is 2. The second-order valence-corrected chi connectivity index (χ2v) is 8.38. The minimum Gasteiger partial charge on any atom is -0.452 e. The quantitative estimate of drug-likeness (QED) is 0.585. The molecule has 2 aromatic carbocycles. The molecule has 0 atom stereocenters. The minimum absolute atomic E-state index is 0.141. The maximum Gasteiger partial charge on any atom is 0.339 e. The van der Waals surface area contributed by atoms with Gasteiger partial charge in [0.15, 0.2) is 6.61 Å². The minimum atomic E-state index is -0.530. The molecule has 0 bridgehead atoms. The number of para-hydroxylation sites is 1. The molecule has 0 spiro atoms. The molecule has 170 valence electrons. The molecule has 1 N–H and O–H groups in total. The topological polar surface area (TPSA) is 88.6 Å². The number of pyridine rings is 1. The Hall–Kier alpha value is -3.74. The third-order valence-electron chi connectivity index (χ3n) is 5.84. The summed E-state index contributed by atoms with van der Waals surface area (Å²) in [5.74, 6) is -1.30. The van der Waals surface area contributed by atoms with E-state index in [1.165, 1.54) is 11.9 Å². The second kappa shape index (κ2) is 9.81. The fourth-order valence-electron chi connectivity index (χ4n) is 4.06. The van der Waals surface area contributed by atoms with Crippen LogP contribution in [-0.2, 0) is 27.2 Å². The van der Waals surface area contributed by atoms with Crippen LogP contribution in [0.2, 0.25) is 0 Å². The lowest BCUT2D eigenvalue weighted by Gasteiger charge is -2.20. The molecular formula is C26H27N3O4. The molecule has 1 aromatic heterocycles. The number of hydrogen-bond donors (Lipinski definition) is 1. The van der Waals surface area contributed by atoms with E-state index < -0.39 is 18.5 Å². The van der Waals surface area contributed by atoms with Crippen molar-refractivity contribution in [3.8, 4) is 0 Å². The first-order valence-corrected chi connectivity index (χ1v) is 11.1. The highest BCUT2D eigenvalue weighted by molar-refractivity contribution is 6.05. The van der Waals surface area contributed by atoms with Crippen LogP contribution < -0.4 is 5.32 Å². The molecule has 3 aromatic rings. The molecule has 1 aliphatic rings. The number of likely N-dealkylation sites (N-methyl/N-ethyl adjacent to an activating group) is 1. The van der Waals surface area contributed by atoms with Gasteiger partial charge in [0.05, 0.1) is 17.6 Å². The fourth-order valence-corrected chi connectivity index (χ4v) is 4.06. The fraction of sp³-hybridized carbons (Fsp3) is 0.308. The lowest BCUT2D eigenvalue weighted by atomic mass is 9.90. The number of benzene rings is 2. The number of rotatable bonds is 6. The van der Waals surface area contributed by atoms with E-state index in [1.54, 1.807) is 12.1 Å². The highest BCUT2D eigenvalue weighted by Crippen LogP contribution is 2.29. The van der Waals surface area contributed by atoms with Crippen molar-refractivity contribution in [1.82, 2.24) is 9.88 Å². The van der Waals surface area contributed by atoms with Crippen molar-refractivity contribution in [3.63, 3.8) is 0 Å². The molecule has 4 rings (SSSR count). The van der Waals surface area contributed by atoms with Gasteiger partial charge in [-0.05, 0) is 56.4 Å². The summed E-state index contributed by atoms with van der Waals surface area (Å²) in [7, 11) is 1.51. The number of nitrogens with one attached hydrogen (secondary N) is 1. The molecule has 0 fully saturated rings. The zero-order chi connectivity index (χ0) is 23.4. The largest absolute Gasteiger partial charge is 0.452 e. The summed E-state index contributed by atoms with van der Waals surface area (Å²) in [4.78, 5) is 43.8. The molecule has 1 aliphatic carbocycles. The number of carbonyl (C=O) groups excluding carboxylic acids is 3. The van der Waals surface area contributed by atoms with E-state index in [2.05, 4.69) is 5.32 Å². The lowest BCUT2D eigenvalue weighted by molar-refractivity contribution is -0.136. The lowest BCUT2D eigenvalue weighted by Crippen LogP contribution is -2.37. The number of nitrogens with zero attached hydrogens (tertiary/aromatic N) is 2. The van der Waals surface area contributed by atoms with E-state index in [4.69, 9.17) is 9.72 Å². The van der Waals surface area contributed by atoms with Gasteiger partial charge in [0.25, 0.3) is 5.91 Å². The number of anilines is 1. The summed E-state index contributed by atoms with van der Waals surface area (Å²) in [6, 6.07) is 14.9. The van der Waals surface area contributed by atoms with Crippen molar-refractivity contribution in [2.24, 2.45) is 0 Å². The highest BCUT2D eigenvalue weighted by atomic mass is 16.5.